The average Bonchev–Trinajstić information content (AvgIpc) is 3.08. The van der Waals surface area contributed by atoms with Crippen molar-refractivity contribution in [3.05, 3.63) is 95.8 Å². The van der Waals surface area contributed by atoms with Gasteiger partial charge in [-0.2, -0.15) is 4.31 Å². The van der Waals surface area contributed by atoms with Gasteiger partial charge < -0.3 is 0 Å². The normalized spacial score (nSPS) is 17.6. The Kier molecular flexibility index (Phi) is 6.14. The summed E-state index contributed by atoms with van der Waals surface area (Å²) in [4.78, 5) is 27.2. The lowest BCUT2D eigenvalue weighted by Crippen LogP contribution is -2.46. The van der Waals surface area contributed by atoms with Gasteiger partial charge in [-0.25, -0.2) is 17.7 Å². The van der Waals surface area contributed by atoms with Crippen LogP contribution in [0.2, 0.25) is 0 Å². The predicted octanol–water partition coefficient (Wildman–Crippen LogP) is 4.22. The van der Waals surface area contributed by atoms with Gasteiger partial charge in [0.1, 0.15) is 11.9 Å². The molecule has 170 valence electrons. The zero-order valence-corrected chi connectivity index (χ0v) is 19.0. The quantitative estimate of drug-likeness (QED) is 0.510. The SMILES string of the molecule is Cc1ccc(S(=O)(=O)N(C2CC(=O)N(c3ccc(F)cc3)C2=O)C(C)c2ccccc2)cc1. The predicted molar refractivity (Wildman–Crippen MR) is 122 cm³/mol. The Morgan fingerprint density at radius 3 is 2.15 bits per heavy atom. The van der Waals surface area contributed by atoms with Gasteiger partial charge in [0.2, 0.25) is 15.9 Å². The van der Waals surface area contributed by atoms with Gasteiger partial charge in [0.25, 0.3) is 5.91 Å². The highest BCUT2D eigenvalue weighted by Crippen LogP contribution is 2.35. The second kappa shape index (κ2) is 8.88. The number of hydrogen-bond acceptors (Lipinski definition) is 4. The van der Waals surface area contributed by atoms with Crippen molar-refractivity contribution in [3.8, 4) is 0 Å². The van der Waals surface area contributed by atoms with E-state index in [9.17, 15) is 22.4 Å². The van der Waals surface area contributed by atoms with Gasteiger partial charge in [0.15, 0.2) is 0 Å². The van der Waals surface area contributed by atoms with Crippen LogP contribution in [0, 0.1) is 12.7 Å². The first-order valence-corrected chi connectivity index (χ1v) is 11.9. The molecule has 0 radical (unpaired) electrons. The number of halogens is 1. The zero-order valence-electron chi connectivity index (χ0n) is 18.2. The molecule has 33 heavy (non-hydrogen) atoms. The Balaban J connectivity index is 1.79. The lowest BCUT2D eigenvalue weighted by atomic mass is 10.1. The smallest absolute Gasteiger partial charge is 0.252 e. The maximum Gasteiger partial charge on any atom is 0.252 e. The summed E-state index contributed by atoms with van der Waals surface area (Å²) >= 11 is 0. The largest absolute Gasteiger partial charge is 0.274 e. The van der Waals surface area contributed by atoms with E-state index in [-0.39, 0.29) is 17.0 Å². The van der Waals surface area contributed by atoms with Crippen molar-refractivity contribution in [2.24, 2.45) is 0 Å². The van der Waals surface area contributed by atoms with E-state index in [1.807, 2.05) is 13.0 Å². The minimum atomic E-state index is -4.14. The van der Waals surface area contributed by atoms with Gasteiger partial charge in [0.05, 0.1) is 17.0 Å². The van der Waals surface area contributed by atoms with Crippen molar-refractivity contribution in [1.82, 2.24) is 4.31 Å². The molecule has 0 N–H and O–H groups in total. The third-order valence-electron chi connectivity index (χ3n) is 5.77. The Bertz CT molecular complexity index is 1280. The fraction of sp³-hybridized carbons (Fsp3) is 0.200. The molecule has 1 aliphatic rings. The maximum absolute atomic E-state index is 13.8. The number of rotatable bonds is 6. The van der Waals surface area contributed by atoms with Crippen LogP contribution in [0.5, 0.6) is 0 Å². The van der Waals surface area contributed by atoms with Gasteiger partial charge in [-0.15, -0.1) is 0 Å². The van der Waals surface area contributed by atoms with Crippen molar-refractivity contribution < 1.29 is 22.4 Å². The lowest BCUT2D eigenvalue weighted by molar-refractivity contribution is -0.122. The van der Waals surface area contributed by atoms with E-state index in [4.69, 9.17) is 0 Å². The number of anilines is 1. The molecule has 0 spiro atoms. The molecule has 0 aliphatic carbocycles. The van der Waals surface area contributed by atoms with Gasteiger partial charge in [-0.3, -0.25) is 9.59 Å². The standard InChI is InChI=1S/C25H23FN2O4S/c1-17-8-14-22(15-9-17)33(31,32)28(18(2)19-6-4-3-5-7-19)23-16-24(29)27(25(23)30)21-12-10-20(26)11-13-21/h3-15,18,23H,16H2,1-2H3. The van der Waals surface area contributed by atoms with E-state index in [1.54, 1.807) is 43.3 Å². The zero-order chi connectivity index (χ0) is 23.8. The molecule has 1 heterocycles. The van der Waals surface area contributed by atoms with Crippen LogP contribution in [0.25, 0.3) is 0 Å². The van der Waals surface area contributed by atoms with Crippen molar-refractivity contribution in [3.63, 3.8) is 0 Å². The van der Waals surface area contributed by atoms with Crippen molar-refractivity contribution >= 4 is 27.5 Å². The Morgan fingerprint density at radius 1 is 0.939 bits per heavy atom. The molecule has 4 rings (SSSR count). The molecule has 0 aromatic heterocycles. The second-order valence-electron chi connectivity index (χ2n) is 8.00. The van der Waals surface area contributed by atoms with Crippen LogP contribution in [0.15, 0.2) is 83.8 Å². The number of imide groups is 1. The monoisotopic (exact) mass is 466 g/mol. The molecule has 8 heteroatoms. The van der Waals surface area contributed by atoms with E-state index in [2.05, 4.69) is 0 Å². The minimum Gasteiger partial charge on any atom is -0.274 e. The number of sulfonamides is 1. The molecule has 2 unspecified atom stereocenters. The van der Waals surface area contributed by atoms with Crippen LogP contribution in [-0.4, -0.2) is 30.6 Å². The summed E-state index contributed by atoms with van der Waals surface area (Å²) < 4.78 is 42.0. The summed E-state index contributed by atoms with van der Waals surface area (Å²) in [6.07, 6.45) is -0.307. The maximum atomic E-state index is 13.8. The number of aryl methyl sites for hydroxylation is 1. The fourth-order valence-electron chi connectivity index (χ4n) is 4.03. The molecule has 0 bridgehead atoms. The van der Waals surface area contributed by atoms with Gasteiger partial charge in [-0.05, 0) is 55.8 Å². The Hall–Kier alpha value is -3.36. The summed E-state index contributed by atoms with van der Waals surface area (Å²) in [5.74, 6) is -1.71. The first kappa shape index (κ1) is 22.8. The third kappa shape index (κ3) is 4.31. The highest BCUT2D eigenvalue weighted by molar-refractivity contribution is 7.89. The van der Waals surface area contributed by atoms with Crippen LogP contribution < -0.4 is 4.90 Å². The number of amides is 2. The Morgan fingerprint density at radius 2 is 1.55 bits per heavy atom. The third-order valence-corrected chi connectivity index (χ3v) is 7.77. The van der Waals surface area contributed by atoms with Crippen LogP contribution in [0.3, 0.4) is 0 Å². The first-order valence-electron chi connectivity index (χ1n) is 10.5. The van der Waals surface area contributed by atoms with Crippen molar-refractivity contribution in [2.75, 3.05) is 4.90 Å². The number of nitrogens with zero attached hydrogens (tertiary/aromatic N) is 2. The molecule has 3 aromatic carbocycles. The number of carbonyl (C=O) groups excluding carboxylic acids is 2. The number of benzene rings is 3. The molecule has 2 amide bonds. The summed E-state index contributed by atoms with van der Waals surface area (Å²) in [6, 6.07) is 18.3. The van der Waals surface area contributed by atoms with Crippen LogP contribution in [-0.2, 0) is 19.6 Å². The fourth-order valence-corrected chi connectivity index (χ4v) is 5.79. The van der Waals surface area contributed by atoms with E-state index in [1.165, 1.54) is 24.3 Å². The molecule has 2 atom stereocenters. The highest BCUT2D eigenvalue weighted by atomic mass is 32.2. The minimum absolute atomic E-state index is 0.0383. The molecule has 3 aromatic rings. The summed E-state index contributed by atoms with van der Waals surface area (Å²) in [7, 11) is -4.14. The van der Waals surface area contributed by atoms with E-state index in [0.29, 0.717) is 5.56 Å². The van der Waals surface area contributed by atoms with E-state index in [0.717, 1.165) is 26.9 Å². The first-order chi connectivity index (χ1) is 15.7. The molecular weight excluding hydrogens is 443 g/mol. The summed E-state index contributed by atoms with van der Waals surface area (Å²) in [5, 5.41) is 0. The van der Waals surface area contributed by atoms with E-state index < -0.39 is 39.7 Å². The van der Waals surface area contributed by atoms with E-state index >= 15 is 0 Å². The Labute approximate surface area is 192 Å². The number of carbonyl (C=O) groups is 2. The lowest BCUT2D eigenvalue weighted by Gasteiger charge is -2.32. The van der Waals surface area contributed by atoms with Crippen molar-refractivity contribution in [1.29, 1.82) is 0 Å². The second-order valence-corrected chi connectivity index (χ2v) is 9.84. The van der Waals surface area contributed by atoms with Crippen LogP contribution in [0.1, 0.15) is 30.5 Å². The average molecular weight is 467 g/mol. The highest BCUT2D eigenvalue weighted by Gasteiger charge is 2.48. The molecule has 1 saturated heterocycles. The molecule has 1 aliphatic heterocycles. The summed E-state index contributed by atoms with van der Waals surface area (Å²) in [5.41, 5.74) is 1.79. The van der Waals surface area contributed by atoms with Crippen LogP contribution in [0.4, 0.5) is 10.1 Å². The topological polar surface area (TPSA) is 74.8 Å². The molecular formula is C25H23FN2O4S. The van der Waals surface area contributed by atoms with Crippen LogP contribution >= 0.6 is 0 Å². The summed E-state index contributed by atoms with van der Waals surface area (Å²) in [6.45, 7) is 3.54. The van der Waals surface area contributed by atoms with Crippen molar-refractivity contribution in [2.45, 2.75) is 37.2 Å². The molecule has 1 fully saturated rings. The van der Waals surface area contributed by atoms with Gasteiger partial charge in [-0.1, -0.05) is 48.0 Å². The molecule has 0 saturated carbocycles. The molecule has 6 nitrogen and oxygen atoms in total. The van der Waals surface area contributed by atoms with Gasteiger partial charge >= 0.3 is 0 Å². The number of hydrogen-bond donors (Lipinski definition) is 0. The van der Waals surface area contributed by atoms with Gasteiger partial charge in [0, 0.05) is 6.04 Å².